The van der Waals surface area contributed by atoms with E-state index in [1.807, 2.05) is 19.1 Å². The fourth-order valence-corrected chi connectivity index (χ4v) is 2.90. The normalized spacial score (nSPS) is 15.6. The van der Waals surface area contributed by atoms with Gasteiger partial charge < -0.3 is 9.64 Å². The molecule has 0 radical (unpaired) electrons. The van der Waals surface area contributed by atoms with Gasteiger partial charge in [-0.15, -0.1) is 0 Å². The maximum Gasteiger partial charge on any atom is 0.282 e. The Hall–Kier alpha value is -2.14. The molecule has 0 unspecified atom stereocenters. The van der Waals surface area contributed by atoms with Gasteiger partial charge in [0.25, 0.3) is 11.8 Å². The van der Waals surface area contributed by atoms with Gasteiger partial charge in [-0.25, -0.2) is 8.78 Å². The van der Waals surface area contributed by atoms with Crippen molar-refractivity contribution >= 4 is 17.5 Å². The average molecular weight is 366 g/mol. The van der Waals surface area contributed by atoms with Crippen molar-refractivity contribution in [1.29, 1.82) is 0 Å². The van der Waals surface area contributed by atoms with Crippen LogP contribution in [0.5, 0.6) is 5.75 Å². The lowest BCUT2D eigenvalue weighted by atomic mass is 10.0. The molecule has 1 aliphatic heterocycles. The molecule has 1 amide bonds. The molecule has 1 fully saturated rings. The van der Waals surface area contributed by atoms with E-state index in [2.05, 4.69) is 0 Å². The Morgan fingerprint density at radius 3 is 2.44 bits per heavy atom. The zero-order valence-corrected chi connectivity index (χ0v) is 14.5. The van der Waals surface area contributed by atoms with Gasteiger partial charge in [-0.05, 0) is 47.9 Å². The SMILES string of the molecule is CCCOc1cc(Cl)cc(-c2ccc(C(=O)N3CC(F)(F)C3)cc2)c1. The summed E-state index contributed by atoms with van der Waals surface area (Å²) in [5, 5.41) is 0.562. The zero-order valence-electron chi connectivity index (χ0n) is 13.8. The van der Waals surface area contributed by atoms with E-state index in [1.165, 1.54) is 0 Å². The highest BCUT2D eigenvalue weighted by Crippen LogP contribution is 2.31. The molecule has 2 aromatic rings. The van der Waals surface area contributed by atoms with E-state index in [0.717, 1.165) is 22.4 Å². The van der Waals surface area contributed by atoms with Crippen molar-refractivity contribution < 1.29 is 18.3 Å². The number of nitrogens with zero attached hydrogens (tertiary/aromatic N) is 1. The van der Waals surface area contributed by atoms with E-state index in [9.17, 15) is 13.6 Å². The lowest BCUT2D eigenvalue weighted by Gasteiger charge is -2.38. The van der Waals surface area contributed by atoms with Crippen molar-refractivity contribution in [2.75, 3.05) is 19.7 Å². The summed E-state index contributed by atoms with van der Waals surface area (Å²) in [6.07, 6.45) is 0.897. The zero-order chi connectivity index (χ0) is 18.0. The van der Waals surface area contributed by atoms with Crippen LogP contribution in [0.4, 0.5) is 8.78 Å². The number of likely N-dealkylation sites (tertiary alicyclic amines) is 1. The molecule has 0 spiro atoms. The molecular weight excluding hydrogens is 348 g/mol. The van der Waals surface area contributed by atoms with Crippen molar-refractivity contribution in [2.45, 2.75) is 19.3 Å². The van der Waals surface area contributed by atoms with Crippen LogP contribution in [0.15, 0.2) is 42.5 Å². The van der Waals surface area contributed by atoms with Gasteiger partial charge in [0.15, 0.2) is 0 Å². The van der Waals surface area contributed by atoms with Crippen LogP contribution in [0.3, 0.4) is 0 Å². The molecule has 0 bridgehead atoms. The third-order valence-corrected chi connectivity index (χ3v) is 4.16. The van der Waals surface area contributed by atoms with Crippen LogP contribution in [-0.4, -0.2) is 36.4 Å². The minimum absolute atomic E-state index is 0.379. The predicted octanol–water partition coefficient (Wildman–Crippen LogP) is 4.89. The molecule has 0 saturated carbocycles. The van der Waals surface area contributed by atoms with Crippen LogP contribution in [-0.2, 0) is 0 Å². The van der Waals surface area contributed by atoms with E-state index in [-0.39, 0.29) is 5.91 Å². The van der Waals surface area contributed by atoms with Crippen molar-refractivity contribution in [3.63, 3.8) is 0 Å². The summed E-state index contributed by atoms with van der Waals surface area (Å²) in [6.45, 7) is 1.60. The van der Waals surface area contributed by atoms with Crippen LogP contribution in [0, 0.1) is 0 Å². The first-order valence-corrected chi connectivity index (χ1v) is 8.47. The molecule has 0 aromatic heterocycles. The Labute approximate surface area is 150 Å². The number of amides is 1. The summed E-state index contributed by atoms with van der Waals surface area (Å²) >= 11 is 6.14. The van der Waals surface area contributed by atoms with E-state index in [0.29, 0.717) is 22.9 Å². The van der Waals surface area contributed by atoms with Crippen molar-refractivity contribution in [3.05, 3.63) is 53.1 Å². The molecule has 0 aliphatic carbocycles. The van der Waals surface area contributed by atoms with Gasteiger partial charge in [0, 0.05) is 10.6 Å². The average Bonchev–Trinajstić information content (AvgIpc) is 2.57. The summed E-state index contributed by atoms with van der Waals surface area (Å²) in [6, 6.07) is 12.3. The first kappa shape index (κ1) is 17.7. The van der Waals surface area contributed by atoms with Gasteiger partial charge >= 0.3 is 0 Å². The van der Waals surface area contributed by atoms with Crippen molar-refractivity contribution in [3.8, 4) is 16.9 Å². The highest BCUT2D eigenvalue weighted by atomic mass is 35.5. The molecule has 132 valence electrons. The topological polar surface area (TPSA) is 29.5 Å². The third kappa shape index (κ3) is 4.10. The highest BCUT2D eigenvalue weighted by molar-refractivity contribution is 6.31. The van der Waals surface area contributed by atoms with Crippen LogP contribution in [0.2, 0.25) is 5.02 Å². The van der Waals surface area contributed by atoms with E-state index in [4.69, 9.17) is 16.3 Å². The molecule has 6 heteroatoms. The minimum atomic E-state index is -2.76. The van der Waals surface area contributed by atoms with Gasteiger partial charge in [0.1, 0.15) is 5.75 Å². The largest absolute Gasteiger partial charge is 0.494 e. The second-order valence-corrected chi connectivity index (χ2v) is 6.56. The molecule has 0 atom stereocenters. The minimum Gasteiger partial charge on any atom is -0.494 e. The predicted molar refractivity (Wildman–Crippen MR) is 93.5 cm³/mol. The maximum atomic E-state index is 12.9. The molecule has 1 aliphatic rings. The molecule has 3 rings (SSSR count). The Morgan fingerprint density at radius 1 is 1.16 bits per heavy atom. The first-order chi connectivity index (χ1) is 11.9. The summed E-state index contributed by atoms with van der Waals surface area (Å²) in [4.78, 5) is 13.3. The Morgan fingerprint density at radius 2 is 1.84 bits per heavy atom. The van der Waals surface area contributed by atoms with E-state index < -0.39 is 19.0 Å². The molecule has 1 heterocycles. The maximum absolute atomic E-state index is 12.9. The number of ether oxygens (including phenoxy) is 1. The second kappa shape index (κ2) is 7.00. The first-order valence-electron chi connectivity index (χ1n) is 8.09. The fourth-order valence-electron chi connectivity index (χ4n) is 2.68. The number of alkyl halides is 2. The second-order valence-electron chi connectivity index (χ2n) is 6.12. The van der Waals surface area contributed by atoms with Crippen molar-refractivity contribution in [2.24, 2.45) is 0 Å². The highest BCUT2D eigenvalue weighted by Gasteiger charge is 2.46. The monoisotopic (exact) mass is 365 g/mol. The number of rotatable bonds is 5. The summed E-state index contributed by atoms with van der Waals surface area (Å²) < 4.78 is 31.4. The fraction of sp³-hybridized carbons (Fsp3) is 0.316. The number of halogens is 3. The van der Waals surface area contributed by atoms with Crippen LogP contribution >= 0.6 is 11.6 Å². The van der Waals surface area contributed by atoms with Crippen LogP contribution in [0.25, 0.3) is 11.1 Å². The van der Waals surface area contributed by atoms with Gasteiger partial charge in [0.05, 0.1) is 19.7 Å². The number of hydrogen-bond acceptors (Lipinski definition) is 2. The molecular formula is C19H18ClF2NO2. The molecule has 3 nitrogen and oxygen atoms in total. The lowest BCUT2D eigenvalue weighted by Crippen LogP contribution is -2.58. The quantitative estimate of drug-likeness (QED) is 0.755. The number of carbonyl (C=O) groups excluding carboxylic acids is 1. The smallest absolute Gasteiger partial charge is 0.282 e. The Bertz CT molecular complexity index is 769. The Balaban J connectivity index is 1.76. The van der Waals surface area contributed by atoms with E-state index >= 15 is 0 Å². The van der Waals surface area contributed by atoms with Gasteiger partial charge in [-0.2, -0.15) is 0 Å². The van der Waals surface area contributed by atoms with Gasteiger partial charge in [-0.3, -0.25) is 4.79 Å². The van der Waals surface area contributed by atoms with E-state index in [1.54, 1.807) is 30.3 Å². The third-order valence-electron chi connectivity index (χ3n) is 3.94. The van der Waals surface area contributed by atoms with Gasteiger partial charge in [-0.1, -0.05) is 30.7 Å². The number of benzene rings is 2. The summed E-state index contributed by atoms with van der Waals surface area (Å²) in [5.41, 5.74) is 2.13. The van der Waals surface area contributed by atoms with Crippen LogP contribution < -0.4 is 4.74 Å². The Kier molecular flexibility index (Phi) is 4.95. The van der Waals surface area contributed by atoms with Crippen LogP contribution in [0.1, 0.15) is 23.7 Å². The lowest BCUT2D eigenvalue weighted by molar-refractivity contribution is -0.113. The number of hydrogen-bond donors (Lipinski definition) is 0. The molecule has 1 saturated heterocycles. The van der Waals surface area contributed by atoms with Crippen molar-refractivity contribution in [1.82, 2.24) is 4.90 Å². The summed E-state index contributed by atoms with van der Waals surface area (Å²) in [7, 11) is 0. The molecule has 25 heavy (non-hydrogen) atoms. The molecule has 2 aromatic carbocycles. The standard InChI is InChI=1S/C19H18ClF2NO2/c1-2-7-25-17-9-15(8-16(20)10-17)13-3-5-14(6-4-13)18(24)23-11-19(21,22)12-23/h3-6,8-10H,2,7,11-12H2,1H3. The summed E-state index contributed by atoms with van der Waals surface area (Å²) in [5.74, 6) is -2.45. The molecule has 0 N–H and O–H groups in total. The number of carbonyl (C=O) groups is 1. The van der Waals surface area contributed by atoms with Gasteiger partial charge in [0.2, 0.25) is 0 Å².